The van der Waals surface area contributed by atoms with Crippen molar-refractivity contribution in [2.75, 3.05) is 26.2 Å². The number of carbonyl (C=O) groups is 2. The van der Waals surface area contributed by atoms with Crippen LogP contribution >= 0.6 is 0 Å². The summed E-state index contributed by atoms with van der Waals surface area (Å²) in [7, 11) is 0. The van der Waals surface area contributed by atoms with Crippen LogP contribution < -0.4 is 11.1 Å². The Hall–Kier alpha value is -1.10. The summed E-state index contributed by atoms with van der Waals surface area (Å²) in [5.74, 6) is -0.177. The van der Waals surface area contributed by atoms with E-state index in [2.05, 4.69) is 5.32 Å². The van der Waals surface area contributed by atoms with Crippen LogP contribution in [-0.4, -0.2) is 42.9 Å². The molecule has 88 valence electrons. The van der Waals surface area contributed by atoms with Crippen molar-refractivity contribution in [1.29, 1.82) is 0 Å². The van der Waals surface area contributed by atoms with E-state index in [4.69, 9.17) is 5.73 Å². The van der Waals surface area contributed by atoms with E-state index in [1.165, 1.54) is 0 Å². The summed E-state index contributed by atoms with van der Waals surface area (Å²) in [4.78, 5) is 23.7. The van der Waals surface area contributed by atoms with Gasteiger partial charge in [-0.05, 0) is 13.8 Å². The first-order valence-electron chi connectivity index (χ1n) is 5.38. The molecule has 0 rings (SSSR count). The van der Waals surface area contributed by atoms with E-state index in [0.717, 1.165) is 13.1 Å². The lowest BCUT2D eigenvalue weighted by atomic mass is 10.3. The first-order valence-corrected chi connectivity index (χ1v) is 5.38. The van der Waals surface area contributed by atoms with Gasteiger partial charge in [0.2, 0.25) is 11.8 Å². The van der Waals surface area contributed by atoms with E-state index in [1.54, 1.807) is 4.90 Å². The topological polar surface area (TPSA) is 75.4 Å². The van der Waals surface area contributed by atoms with Crippen LogP contribution in [0.3, 0.4) is 0 Å². The second kappa shape index (κ2) is 8.23. The smallest absolute Gasteiger partial charge is 0.223 e. The van der Waals surface area contributed by atoms with E-state index in [1.807, 2.05) is 13.8 Å². The van der Waals surface area contributed by atoms with Crippen LogP contribution in [0.5, 0.6) is 0 Å². The number of hydrogen-bond donors (Lipinski definition) is 2. The largest absolute Gasteiger partial charge is 0.370 e. The maximum atomic E-state index is 11.5. The van der Waals surface area contributed by atoms with Crippen LogP contribution in [0.1, 0.15) is 26.7 Å². The first-order chi connectivity index (χ1) is 7.11. The average Bonchev–Trinajstić information content (AvgIpc) is 2.18. The molecule has 0 aromatic carbocycles. The fraction of sp³-hybridized carbons (Fsp3) is 0.800. The number of nitrogens with two attached hydrogens (primary N) is 1. The molecule has 0 unspecified atom stereocenters. The van der Waals surface area contributed by atoms with Crippen molar-refractivity contribution in [1.82, 2.24) is 10.2 Å². The second-order valence-corrected chi connectivity index (χ2v) is 3.28. The lowest BCUT2D eigenvalue weighted by Crippen LogP contribution is -2.33. The predicted molar refractivity (Wildman–Crippen MR) is 59.2 cm³/mol. The van der Waals surface area contributed by atoms with Crippen LogP contribution in [0.2, 0.25) is 0 Å². The van der Waals surface area contributed by atoms with Gasteiger partial charge in [-0.25, -0.2) is 0 Å². The minimum atomic E-state index is -0.322. The van der Waals surface area contributed by atoms with Crippen LogP contribution in [0.4, 0.5) is 0 Å². The van der Waals surface area contributed by atoms with Gasteiger partial charge in [0.1, 0.15) is 0 Å². The molecule has 0 radical (unpaired) electrons. The Balaban J connectivity index is 3.50. The van der Waals surface area contributed by atoms with E-state index >= 15 is 0 Å². The highest BCUT2D eigenvalue weighted by Crippen LogP contribution is 1.92. The number of nitrogens with zero attached hydrogens (tertiary/aromatic N) is 1. The number of primary amides is 1. The molecule has 0 atom stereocenters. The molecule has 0 saturated carbocycles. The molecule has 0 aliphatic heterocycles. The minimum absolute atomic E-state index is 0.145. The summed E-state index contributed by atoms with van der Waals surface area (Å²) in [6, 6.07) is 0. The Kier molecular flexibility index (Phi) is 7.62. The zero-order chi connectivity index (χ0) is 11.7. The number of rotatable bonds is 8. The van der Waals surface area contributed by atoms with E-state index in [-0.39, 0.29) is 11.8 Å². The van der Waals surface area contributed by atoms with Gasteiger partial charge in [0.25, 0.3) is 0 Å². The van der Waals surface area contributed by atoms with Gasteiger partial charge in [-0.2, -0.15) is 0 Å². The lowest BCUT2D eigenvalue weighted by molar-refractivity contribution is -0.130. The Morgan fingerprint density at radius 1 is 1.13 bits per heavy atom. The molecule has 0 fully saturated rings. The third kappa shape index (κ3) is 6.90. The van der Waals surface area contributed by atoms with Crippen LogP contribution in [0.15, 0.2) is 0 Å². The van der Waals surface area contributed by atoms with Gasteiger partial charge in [-0.3, -0.25) is 9.59 Å². The molecular formula is C10H21N3O2. The van der Waals surface area contributed by atoms with Crippen LogP contribution in [0, 0.1) is 0 Å². The Morgan fingerprint density at radius 2 is 1.67 bits per heavy atom. The van der Waals surface area contributed by atoms with Crippen molar-refractivity contribution in [3.8, 4) is 0 Å². The monoisotopic (exact) mass is 215 g/mol. The molecule has 0 spiro atoms. The molecular weight excluding hydrogens is 194 g/mol. The molecule has 5 nitrogen and oxygen atoms in total. The third-order valence-electron chi connectivity index (χ3n) is 2.18. The number of nitrogens with one attached hydrogen (secondary N) is 1. The molecule has 0 bridgehead atoms. The van der Waals surface area contributed by atoms with Crippen molar-refractivity contribution >= 4 is 11.8 Å². The van der Waals surface area contributed by atoms with Gasteiger partial charge in [0.05, 0.1) is 0 Å². The summed E-state index contributed by atoms with van der Waals surface area (Å²) in [6.07, 6.45) is 0.792. The summed E-state index contributed by atoms with van der Waals surface area (Å²) < 4.78 is 0. The molecule has 0 saturated heterocycles. The normalized spacial score (nSPS) is 10.0. The molecule has 0 heterocycles. The summed E-state index contributed by atoms with van der Waals surface area (Å²) in [5.41, 5.74) is 4.97. The van der Waals surface area contributed by atoms with E-state index in [9.17, 15) is 9.59 Å². The third-order valence-corrected chi connectivity index (χ3v) is 2.18. The average molecular weight is 215 g/mol. The van der Waals surface area contributed by atoms with Crippen molar-refractivity contribution in [2.45, 2.75) is 26.7 Å². The molecule has 0 aromatic heterocycles. The maximum Gasteiger partial charge on any atom is 0.223 e. The van der Waals surface area contributed by atoms with Crippen molar-refractivity contribution in [2.24, 2.45) is 5.73 Å². The van der Waals surface area contributed by atoms with Crippen LogP contribution in [-0.2, 0) is 9.59 Å². The Morgan fingerprint density at radius 3 is 2.13 bits per heavy atom. The van der Waals surface area contributed by atoms with E-state index < -0.39 is 0 Å². The van der Waals surface area contributed by atoms with Gasteiger partial charge < -0.3 is 16.0 Å². The van der Waals surface area contributed by atoms with Crippen molar-refractivity contribution in [3.05, 3.63) is 0 Å². The molecule has 5 heteroatoms. The van der Waals surface area contributed by atoms with Gasteiger partial charge >= 0.3 is 0 Å². The molecule has 15 heavy (non-hydrogen) atoms. The number of carbonyl (C=O) groups excluding carboxylic acids is 2. The molecule has 0 aliphatic rings. The van der Waals surface area contributed by atoms with Gasteiger partial charge in [0.15, 0.2) is 0 Å². The molecule has 2 amide bonds. The zero-order valence-electron chi connectivity index (χ0n) is 9.58. The maximum absolute atomic E-state index is 11.5. The summed E-state index contributed by atoms with van der Waals surface area (Å²) in [6.45, 7) is 6.56. The molecule has 3 N–H and O–H groups in total. The standard InChI is InChI=1S/C10H21N3O2/c1-3-13(4-2)10(15)6-8-12-7-5-9(11)14/h12H,3-8H2,1-2H3,(H2,11,14). The molecule has 0 aromatic rings. The molecule has 0 aliphatic carbocycles. The van der Waals surface area contributed by atoms with E-state index in [0.29, 0.717) is 25.9 Å². The Bertz CT molecular complexity index is 203. The Labute approximate surface area is 91.0 Å². The second-order valence-electron chi connectivity index (χ2n) is 3.28. The fourth-order valence-corrected chi connectivity index (χ4v) is 1.27. The highest BCUT2D eigenvalue weighted by atomic mass is 16.2. The summed E-state index contributed by atoms with van der Waals surface area (Å²) in [5, 5.41) is 3.00. The highest BCUT2D eigenvalue weighted by molar-refractivity contribution is 5.76. The predicted octanol–water partition coefficient (Wildman–Crippen LogP) is -0.290. The minimum Gasteiger partial charge on any atom is -0.370 e. The SMILES string of the molecule is CCN(CC)C(=O)CCNCCC(N)=O. The highest BCUT2D eigenvalue weighted by Gasteiger charge is 2.07. The zero-order valence-corrected chi connectivity index (χ0v) is 9.58. The lowest BCUT2D eigenvalue weighted by Gasteiger charge is -2.18. The van der Waals surface area contributed by atoms with Gasteiger partial charge in [-0.1, -0.05) is 0 Å². The first kappa shape index (κ1) is 13.9. The fourth-order valence-electron chi connectivity index (χ4n) is 1.27. The van der Waals surface area contributed by atoms with Gasteiger partial charge in [0, 0.05) is 39.0 Å². The quantitative estimate of drug-likeness (QED) is 0.546. The van der Waals surface area contributed by atoms with Crippen molar-refractivity contribution in [3.63, 3.8) is 0 Å². The number of amides is 2. The number of hydrogen-bond acceptors (Lipinski definition) is 3. The summed E-state index contributed by atoms with van der Waals surface area (Å²) >= 11 is 0. The van der Waals surface area contributed by atoms with Crippen LogP contribution in [0.25, 0.3) is 0 Å². The van der Waals surface area contributed by atoms with Crippen molar-refractivity contribution < 1.29 is 9.59 Å². The van der Waals surface area contributed by atoms with Gasteiger partial charge in [-0.15, -0.1) is 0 Å².